The van der Waals surface area contributed by atoms with E-state index in [-0.39, 0.29) is 22.6 Å². The number of amides is 1. The van der Waals surface area contributed by atoms with Gasteiger partial charge in [0.05, 0.1) is 16.7 Å². The van der Waals surface area contributed by atoms with Crippen molar-refractivity contribution in [2.24, 2.45) is 0 Å². The molecule has 0 bridgehead atoms. The minimum atomic E-state index is -0.351. The molecule has 1 aliphatic rings. The van der Waals surface area contributed by atoms with E-state index in [4.69, 9.17) is 0 Å². The number of aryl methyl sites for hydroxylation is 2. The van der Waals surface area contributed by atoms with Crippen molar-refractivity contribution < 1.29 is 9.72 Å². The number of carbonyl (C=O) groups is 1. The summed E-state index contributed by atoms with van der Waals surface area (Å²) in [7, 11) is 0. The summed E-state index contributed by atoms with van der Waals surface area (Å²) < 4.78 is 0. The van der Waals surface area contributed by atoms with Crippen LogP contribution in [0.3, 0.4) is 0 Å². The average molecular weight is 389 g/mol. The van der Waals surface area contributed by atoms with Crippen LogP contribution in [-0.4, -0.2) is 52.9 Å². The quantitative estimate of drug-likeness (QED) is 0.624. The molecule has 1 aromatic carbocycles. The second-order valence-electron chi connectivity index (χ2n) is 6.59. The number of carbonyl (C=O) groups excluding carboxylic acids is 1. The maximum atomic E-state index is 12.5. The summed E-state index contributed by atoms with van der Waals surface area (Å²) >= 11 is 1.48. The van der Waals surface area contributed by atoms with E-state index in [2.05, 4.69) is 15.2 Å². The first kappa shape index (κ1) is 19.2. The number of aromatic nitrogens is 1. The Balaban J connectivity index is 1.60. The summed E-state index contributed by atoms with van der Waals surface area (Å²) in [6.45, 7) is 8.38. The molecule has 8 nitrogen and oxygen atoms in total. The van der Waals surface area contributed by atoms with E-state index < -0.39 is 0 Å². The predicted octanol–water partition coefficient (Wildman–Crippen LogP) is 2.82. The van der Waals surface area contributed by atoms with Crippen LogP contribution in [0.1, 0.15) is 17.5 Å². The van der Waals surface area contributed by atoms with Gasteiger partial charge >= 0.3 is 0 Å². The number of hydrogen-bond donors (Lipinski definition) is 1. The first-order chi connectivity index (χ1) is 12.9. The molecule has 27 heavy (non-hydrogen) atoms. The molecule has 2 heterocycles. The van der Waals surface area contributed by atoms with Crippen LogP contribution in [0.5, 0.6) is 0 Å². The Kier molecular flexibility index (Phi) is 5.71. The van der Waals surface area contributed by atoms with Gasteiger partial charge in [-0.1, -0.05) is 12.1 Å². The van der Waals surface area contributed by atoms with Crippen molar-refractivity contribution in [3.8, 4) is 0 Å². The van der Waals surface area contributed by atoms with Gasteiger partial charge in [0.1, 0.15) is 5.69 Å². The molecule has 1 fully saturated rings. The van der Waals surface area contributed by atoms with Gasteiger partial charge in [-0.3, -0.25) is 19.8 Å². The molecule has 1 amide bonds. The van der Waals surface area contributed by atoms with E-state index >= 15 is 0 Å². The minimum Gasteiger partial charge on any atom is -0.363 e. The molecule has 1 unspecified atom stereocenters. The van der Waals surface area contributed by atoms with Gasteiger partial charge in [0.25, 0.3) is 5.69 Å². The molecule has 1 atom stereocenters. The number of para-hydroxylation sites is 2. The van der Waals surface area contributed by atoms with Crippen LogP contribution >= 0.6 is 11.3 Å². The fraction of sp³-hybridized carbons (Fsp3) is 0.444. The number of anilines is 2. The summed E-state index contributed by atoms with van der Waals surface area (Å²) in [6, 6.07) is 6.49. The fourth-order valence-electron chi connectivity index (χ4n) is 3.14. The third-order valence-electron chi connectivity index (χ3n) is 4.92. The van der Waals surface area contributed by atoms with Crippen molar-refractivity contribution in [2.75, 3.05) is 36.4 Å². The van der Waals surface area contributed by atoms with Crippen LogP contribution in [0.15, 0.2) is 24.3 Å². The zero-order valence-corrected chi connectivity index (χ0v) is 16.5. The van der Waals surface area contributed by atoms with Crippen LogP contribution < -0.4 is 10.2 Å². The van der Waals surface area contributed by atoms with Crippen LogP contribution in [-0.2, 0) is 4.79 Å². The van der Waals surface area contributed by atoms with E-state index in [9.17, 15) is 14.9 Å². The van der Waals surface area contributed by atoms with Crippen LogP contribution in [0.25, 0.3) is 0 Å². The molecule has 1 aliphatic heterocycles. The lowest BCUT2D eigenvalue weighted by atomic mass is 10.2. The van der Waals surface area contributed by atoms with E-state index in [1.807, 2.05) is 31.7 Å². The Labute approximate surface area is 162 Å². The third kappa shape index (κ3) is 4.25. The smallest absolute Gasteiger partial charge is 0.292 e. The number of piperazine rings is 1. The Morgan fingerprint density at radius 3 is 2.52 bits per heavy atom. The molecule has 0 saturated carbocycles. The molecule has 2 aromatic rings. The first-order valence-electron chi connectivity index (χ1n) is 8.84. The average Bonchev–Trinajstić information content (AvgIpc) is 2.98. The second kappa shape index (κ2) is 8.01. The maximum Gasteiger partial charge on any atom is 0.292 e. The molecule has 0 radical (unpaired) electrons. The highest BCUT2D eigenvalue weighted by Gasteiger charge is 2.28. The summed E-state index contributed by atoms with van der Waals surface area (Å²) in [5.74, 6) is -0.0807. The van der Waals surface area contributed by atoms with Gasteiger partial charge in [0.2, 0.25) is 5.91 Å². The van der Waals surface area contributed by atoms with Crippen molar-refractivity contribution in [2.45, 2.75) is 26.8 Å². The van der Waals surface area contributed by atoms with Gasteiger partial charge in [-0.05, 0) is 26.8 Å². The van der Waals surface area contributed by atoms with Crippen molar-refractivity contribution in [1.82, 2.24) is 9.88 Å². The Bertz CT molecular complexity index is 826. The van der Waals surface area contributed by atoms with Crippen LogP contribution in [0.4, 0.5) is 16.5 Å². The maximum absolute atomic E-state index is 12.5. The van der Waals surface area contributed by atoms with E-state index in [0.29, 0.717) is 37.0 Å². The lowest BCUT2D eigenvalue weighted by Gasteiger charge is -2.38. The second-order valence-corrected chi connectivity index (χ2v) is 7.80. The number of nitrogens with one attached hydrogen (secondary N) is 1. The minimum absolute atomic E-state index is 0.0807. The van der Waals surface area contributed by atoms with Crippen LogP contribution in [0, 0.1) is 24.0 Å². The molecular weight excluding hydrogens is 366 g/mol. The number of nitro groups is 1. The SMILES string of the molecule is Cc1nc(NC(=O)C(C)N2CCN(c3ccccc3[N+](=O)[O-])CC2)sc1C. The Hall–Kier alpha value is -2.52. The highest BCUT2D eigenvalue weighted by atomic mass is 32.1. The number of nitro benzene ring substituents is 1. The summed E-state index contributed by atoms with van der Waals surface area (Å²) in [5, 5.41) is 14.8. The summed E-state index contributed by atoms with van der Waals surface area (Å²) in [4.78, 5) is 33.0. The number of benzene rings is 1. The Morgan fingerprint density at radius 2 is 1.93 bits per heavy atom. The van der Waals surface area contributed by atoms with Gasteiger partial charge in [-0.15, -0.1) is 11.3 Å². The molecule has 1 aromatic heterocycles. The molecule has 0 aliphatic carbocycles. The number of nitrogens with zero attached hydrogens (tertiary/aromatic N) is 4. The number of rotatable bonds is 5. The first-order valence-corrected chi connectivity index (χ1v) is 9.65. The van der Waals surface area contributed by atoms with Crippen molar-refractivity contribution in [3.63, 3.8) is 0 Å². The predicted molar refractivity (Wildman–Crippen MR) is 107 cm³/mol. The monoisotopic (exact) mass is 389 g/mol. The van der Waals surface area contributed by atoms with Gasteiger partial charge in [0, 0.05) is 37.1 Å². The topological polar surface area (TPSA) is 91.6 Å². The van der Waals surface area contributed by atoms with Gasteiger partial charge in [-0.2, -0.15) is 0 Å². The highest BCUT2D eigenvalue weighted by molar-refractivity contribution is 7.15. The van der Waals surface area contributed by atoms with Crippen molar-refractivity contribution in [1.29, 1.82) is 0 Å². The zero-order chi connectivity index (χ0) is 19.6. The lowest BCUT2D eigenvalue weighted by molar-refractivity contribution is -0.384. The normalized spacial score (nSPS) is 16.2. The molecule has 144 valence electrons. The number of thiazole rings is 1. The fourth-order valence-corrected chi connectivity index (χ4v) is 3.96. The summed E-state index contributed by atoms with van der Waals surface area (Å²) in [6.07, 6.45) is 0. The molecule has 3 rings (SSSR count). The largest absolute Gasteiger partial charge is 0.363 e. The highest BCUT2D eigenvalue weighted by Crippen LogP contribution is 2.28. The van der Waals surface area contributed by atoms with E-state index in [1.165, 1.54) is 17.4 Å². The zero-order valence-electron chi connectivity index (χ0n) is 15.6. The lowest BCUT2D eigenvalue weighted by Crippen LogP contribution is -2.52. The van der Waals surface area contributed by atoms with E-state index in [0.717, 1.165) is 10.6 Å². The number of hydrogen-bond acceptors (Lipinski definition) is 7. The molecule has 1 N–H and O–H groups in total. The molecular formula is C18H23N5O3S. The van der Waals surface area contributed by atoms with Crippen LogP contribution in [0.2, 0.25) is 0 Å². The van der Waals surface area contributed by atoms with Crippen molar-refractivity contribution >= 4 is 33.8 Å². The third-order valence-corrected chi connectivity index (χ3v) is 5.91. The molecule has 9 heteroatoms. The Morgan fingerprint density at radius 1 is 1.26 bits per heavy atom. The standard InChI is InChI=1S/C18H23N5O3S/c1-12-14(3)27-18(19-12)20-17(24)13(2)21-8-10-22(11-9-21)15-6-4-5-7-16(15)23(25)26/h4-7,13H,8-11H2,1-3H3,(H,19,20,24). The van der Waals surface area contributed by atoms with Gasteiger partial charge in [-0.25, -0.2) is 4.98 Å². The molecule has 1 saturated heterocycles. The van der Waals surface area contributed by atoms with Gasteiger partial charge < -0.3 is 10.2 Å². The summed E-state index contributed by atoms with van der Waals surface area (Å²) in [5.41, 5.74) is 1.68. The van der Waals surface area contributed by atoms with Gasteiger partial charge in [0.15, 0.2) is 5.13 Å². The molecule has 0 spiro atoms. The van der Waals surface area contributed by atoms with E-state index in [1.54, 1.807) is 12.1 Å². The van der Waals surface area contributed by atoms with Crippen molar-refractivity contribution in [3.05, 3.63) is 45.0 Å².